The molecule has 0 unspecified atom stereocenters. The van der Waals surface area contributed by atoms with Crippen molar-refractivity contribution in [1.82, 2.24) is 0 Å². The Kier molecular flexibility index (Phi) is 2.01. The molecule has 2 aliphatic heterocycles. The molecule has 1 aromatic rings. The lowest BCUT2D eigenvalue weighted by Crippen LogP contribution is -2.40. The number of carbonyl (C=O) groups excluding carboxylic acids is 1. The van der Waals surface area contributed by atoms with E-state index in [1.165, 1.54) is 6.07 Å². The minimum atomic E-state index is -0.696. The molecule has 2 aliphatic rings. The number of amides is 1. The van der Waals surface area contributed by atoms with Gasteiger partial charge < -0.3 is 10.1 Å². The fraction of sp³-hybridized carbons (Fsp3) is 0.417. The van der Waals surface area contributed by atoms with Crippen LogP contribution in [0, 0.1) is 5.82 Å². The molecule has 84 valence electrons. The molecule has 1 saturated heterocycles. The number of hydrogen-bond donors (Lipinski definition) is 1. The molecule has 2 heterocycles. The first-order valence-corrected chi connectivity index (χ1v) is 5.42. The Hall–Kier alpha value is -1.42. The Labute approximate surface area is 92.6 Å². The lowest BCUT2D eigenvalue weighted by molar-refractivity contribution is -0.124. The van der Waals surface area contributed by atoms with Crippen molar-refractivity contribution in [2.75, 3.05) is 18.5 Å². The Morgan fingerprint density at radius 1 is 1.31 bits per heavy atom. The van der Waals surface area contributed by atoms with Crippen LogP contribution >= 0.6 is 0 Å². The number of ether oxygens (including phenoxy) is 1. The van der Waals surface area contributed by atoms with Crippen LogP contribution in [0.4, 0.5) is 10.1 Å². The molecule has 1 fully saturated rings. The highest BCUT2D eigenvalue weighted by atomic mass is 19.1. The highest BCUT2D eigenvalue weighted by Crippen LogP contribution is 2.45. The normalized spacial score (nSPS) is 21.9. The monoisotopic (exact) mass is 221 g/mol. The fourth-order valence-corrected chi connectivity index (χ4v) is 2.67. The summed E-state index contributed by atoms with van der Waals surface area (Å²) in [5.41, 5.74) is 0.453. The van der Waals surface area contributed by atoms with E-state index in [9.17, 15) is 9.18 Å². The first kappa shape index (κ1) is 9.78. The zero-order valence-electron chi connectivity index (χ0n) is 8.75. The van der Waals surface area contributed by atoms with Crippen molar-refractivity contribution < 1.29 is 13.9 Å². The zero-order valence-corrected chi connectivity index (χ0v) is 8.75. The van der Waals surface area contributed by atoms with Gasteiger partial charge in [0.25, 0.3) is 0 Å². The van der Waals surface area contributed by atoms with Crippen LogP contribution in [0.5, 0.6) is 0 Å². The number of hydrogen-bond acceptors (Lipinski definition) is 2. The fourth-order valence-electron chi connectivity index (χ4n) is 2.67. The van der Waals surface area contributed by atoms with Crippen molar-refractivity contribution in [3.8, 4) is 0 Å². The summed E-state index contributed by atoms with van der Waals surface area (Å²) in [4.78, 5) is 12.0. The van der Waals surface area contributed by atoms with Gasteiger partial charge in [-0.1, -0.05) is 6.07 Å². The van der Waals surface area contributed by atoms with Crippen molar-refractivity contribution in [1.29, 1.82) is 0 Å². The first-order chi connectivity index (χ1) is 7.74. The quantitative estimate of drug-likeness (QED) is 0.725. The van der Waals surface area contributed by atoms with Crippen molar-refractivity contribution in [3.63, 3.8) is 0 Å². The number of anilines is 1. The van der Waals surface area contributed by atoms with E-state index in [-0.39, 0.29) is 11.7 Å². The van der Waals surface area contributed by atoms with Gasteiger partial charge in [-0.2, -0.15) is 0 Å². The third kappa shape index (κ3) is 1.13. The van der Waals surface area contributed by atoms with Gasteiger partial charge in [0.05, 0.1) is 5.41 Å². The summed E-state index contributed by atoms with van der Waals surface area (Å²) in [6.45, 7) is 1.03. The second-order valence-electron chi connectivity index (χ2n) is 4.31. The average molecular weight is 221 g/mol. The van der Waals surface area contributed by atoms with Crippen molar-refractivity contribution in [2.45, 2.75) is 18.3 Å². The van der Waals surface area contributed by atoms with Gasteiger partial charge in [-0.05, 0) is 25.0 Å². The first-order valence-electron chi connectivity index (χ1n) is 5.42. The third-order valence-corrected chi connectivity index (χ3v) is 3.52. The second-order valence-corrected chi connectivity index (χ2v) is 4.31. The van der Waals surface area contributed by atoms with Crippen molar-refractivity contribution >= 4 is 11.6 Å². The standard InChI is InChI=1S/C12H12FNO2/c13-8-2-1-3-9-10(8)12(11(15)14-9)4-6-16-7-5-12/h1-3H,4-7H2,(H,14,15). The summed E-state index contributed by atoms with van der Waals surface area (Å²) in [6.07, 6.45) is 1.12. The number of carbonyl (C=O) groups is 1. The number of fused-ring (bicyclic) bond motifs is 2. The molecule has 0 aliphatic carbocycles. The molecule has 1 N–H and O–H groups in total. The predicted octanol–water partition coefficient (Wildman–Crippen LogP) is 1.83. The predicted molar refractivity (Wildman–Crippen MR) is 56.8 cm³/mol. The largest absolute Gasteiger partial charge is 0.381 e. The molecule has 1 aromatic carbocycles. The number of rotatable bonds is 0. The lowest BCUT2D eigenvalue weighted by Gasteiger charge is -2.31. The van der Waals surface area contributed by atoms with E-state index in [1.807, 2.05) is 0 Å². The van der Waals surface area contributed by atoms with Crippen molar-refractivity contribution in [3.05, 3.63) is 29.6 Å². The summed E-state index contributed by atoms with van der Waals surface area (Å²) in [7, 11) is 0. The Balaban J connectivity index is 2.17. The molecule has 1 amide bonds. The molecule has 0 atom stereocenters. The summed E-state index contributed by atoms with van der Waals surface area (Å²) in [5.74, 6) is -0.381. The van der Waals surface area contributed by atoms with Crippen LogP contribution in [0.15, 0.2) is 18.2 Å². The van der Waals surface area contributed by atoms with Gasteiger partial charge in [-0.25, -0.2) is 4.39 Å². The van der Waals surface area contributed by atoms with Gasteiger partial charge in [0.2, 0.25) is 5.91 Å². The smallest absolute Gasteiger partial charge is 0.235 e. The minimum absolute atomic E-state index is 0.0871. The molecule has 0 saturated carbocycles. The van der Waals surface area contributed by atoms with Crippen LogP contribution < -0.4 is 5.32 Å². The molecule has 0 radical (unpaired) electrons. The Morgan fingerprint density at radius 3 is 2.81 bits per heavy atom. The molecule has 16 heavy (non-hydrogen) atoms. The molecule has 0 aromatic heterocycles. The van der Waals surface area contributed by atoms with Gasteiger partial charge in [-0.3, -0.25) is 4.79 Å². The van der Waals surface area contributed by atoms with Crippen LogP contribution in [-0.4, -0.2) is 19.1 Å². The third-order valence-electron chi connectivity index (χ3n) is 3.52. The average Bonchev–Trinajstić information content (AvgIpc) is 2.55. The summed E-state index contributed by atoms with van der Waals surface area (Å²) < 4.78 is 19.1. The maximum absolute atomic E-state index is 13.9. The maximum atomic E-state index is 13.9. The van der Waals surface area contributed by atoms with Crippen LogP contribution in [0.2, 0.25) is 0 Å². The van der Waals surface area contributed by atoms with Gasteiger partial charge in [-0.15, -0.1) is 0 Å². The molecule has 3 rings (SSSR count). The number of benzene rings is 1. The van der Waals surface area contributed by atoms with E-state index < -0.39 is 5.41 Å². The highest BCUT2D eigenvalue weighted by molar-refractivity contribution is 6.06. The van der Waals surface area contributed by atoms with Gasteiger partial charge in [0.15, 0.2) is 0 Å². The van der Waals surface area contributed by atoms with E-state index in [2.05, 4.69) is 5.32 Å². The van der Waals surface area contributed by atoms with Crippen LogP contribution in [0.3, 0.4) is 0 Å². The SMILES string of the molecule is O=C1Nc2cccc(F)c2C12CCOCC2. The van der Waals surface area contributed by atoms with E-state index in [1.54, 1.807) is 12.1 Å². The van der Waals surface area contributed by atoms with Crippen LogP contribution in [0.25, 0.3) is 0 Å². The van der Waals surface area contributed by atoms with Gasteiger partial charge >= 0.3 is 0 Å². The summed E-state index contributed by atoms with van der Waals surface area (Å²) in [5, 5.41) is 2.76. The highest BCUT2D eigenvalue weighted by Gasteiger charge is 2.49. The van der Waals surface area contributed by atoms with Crippen LogP contribution in [-0.2, 0) is 14.9 Å². The zero-order chi connectivity index (χ0) is 11.2. The summed E-state index contributed by atoms with van der Waals surface area (Å²) >= 11 is 0. The molecular formula is C12H12FNO2. The van der Waals surface area contributed by atoms with E-state index in [0.29, 0.717) is 37.3 Å². The van der Waals surface area contributed by atoms with Crippen molar-refractivity contribution in [2.24, 2.45) is 0 Å². The van der Waals surface area contributed by atoms with E-state index in [4.69, 9.17) is 4.74 Å². The number of halogens is 1. The second kappa shape index (κ2) is 3.28. The molecule has 4 heteroatoms. The van der Waals surface area contributed by atoms with Crippen LogP contribution in [0.1, 0.15) is 18.4 Å². The molecule has 3 nitrogen and oxygen atoms in total. The van der Waals surface area contributed by atoms with Gasteiger partial charge in [0.1, 0.15) is 5.82 Å². The Morgan fingerprint density at radius 2 is 2.06 bits per heavy atom. The van der Waals surface area contributed by atoms with Gasteiger partial charge in [0, 0.05) is 24.5 Å². The topological polar surface area (TPSA) is 38.3 Å². The van der Waals surface area contributed by atoms with E-state index >= 15 is 0 Å². The minimum Gasteiger partial charge on any atom is -0.381 e. The Bertz CT molecular complexity index is 452. The summed E-state index contributed by atoms with van der Waals surface area (Å²) in [6, 6.07) is 4.78. The molecule has 0 bridgehead atoms. The number of nitrogens with one attached hydrogen (secondary N) is 1. The maximum Gasteiger partial charge on any atom is 0.235 e. The molecular weight excluding hydrogens is 209 g/mol. The van der Waals surface area contributed by atoms with E-state index in [0.717, 1.165) is 0 Å². The molecule has 1 spiro atoms. The lowest BCUT2D eigenvalue weighted by atomic mass is 9.75.